The maximum absolute atomic E-state index is 10.7. The molecule has 0 aliphatic carbocycles. The fourth-order valence-corrected chi connectivity index (χ4v) is 2.74. The lowest BCUT2D eigenvalue weighted by Gasteiger charge is -2.16. The van der Waals surface area contributed by atoms with Gasteiger partial charge in [-0.25, -0.2) is 4.98 Å². The van der Waals surface area contributed by atoms with Crippen LogP contribution >= 0.6 is 0 Å². The molecule has 0 saturated carbocycles. The summed E-state index contributed by atoms with van der Waals surface area (Å²) in [6.07, 6.45) is -0.687. The van der Waals surface area contributed by atoms with E-state index in [9.17, 15) is 5.11 Å². The van der Waals surface area contributed by atoms with Crippen LogP contribution in [0.5, 0.6) is 0 Å². The van der Waals surface area contributed by atoms with Gasteiger partial charge in [0.25, 0.3) is 0 Å². The molecule has 0 aliphatic rings. The summed E-state index contributed by atoms with van der Waals surface area (Å²) >= 11 is 0. The molecule has 21 heavy (non-hydrogen) atoms. The normalized spacial score (nSPS) is 12.6. The van der Waals surface area contributed by atoms with E-state index in [4.69, 9.17) is 0 Å². The number of pyridine rings is 1. The van der Waals surface area contributed by atoms with Crippen molar-refractivity contribution in [2.75, 3.05) is 0 Å². The monoisotopic (exact) mass is 277 g/mol. The third-order valence-corrected chi connectivity index (χ3v) is 4.16. The van der Waals surface area contributed by atoms with Crippen LogP contribution < -0.4 is 0 Å². The Balaban J connectivity index is 2.13. The number of aliphatic hydroxyl groups excluding tert-OH is 1. The molecule has 0 fully saturated rings. The molecule has 3 rings (SSSR count). The minimum atomic E-state index is -0.687. The molecule has 2 nitrogen and oxygen atoms in total. The van der Waals surface area contributed by atoms with Crippen molar-refractivity contribution >= 4 is 10.9 Å². The lowest BCUT2D eigenvalue weighted by atomic mass is 9.96. The van der Waals surface area contributed by atoms with Gasteiger partial charge in [-0.3, -0.25) is 0 Å². The fourth-order valence-electron chi connectivity index (χ4n) is 2.74. The van der Waals surface area contributed by atoms with Crippen molar-refractivity contribution in [3.8, 4) is 0 Å². The standard InChI is InChI=1S/C19H19NO/c1-12-7-6-9-16(14(12)3)19(21)18-11-13(2)15-8-4-5-10-17(15)20-18/h4-11,19,21H,1-3H3. The molecule has 2 aromatic carbocycles. The van der Waals surface area contributed by atoms with Crippen LogP contribution in [0.1, 0.15) is 34.1 Å². The second kappa shape index (κ2) is 5.30. The maximum atomic E-state index is 10.7. The number of rotatable bonds is 2. The minimum Gasteiger partial charge on any atom is -0.382 e. The summed E-state index contributed by atoms with van der Waals surface area (Å²) in [4.78, 5) is 4.63. The second-order valence-corrected chi connectivity index (χ2v) is 5.57. The highest BCUT2D eigenvalue weighted by molar-refractivity contribution is 5.82. The van der Waals surface area contributed by atoms with Crippen LogP contribution in [0, 0.1) is 20.8 Å². The third kappa shape index (κ3) is 2.43. The Morgan fingerprint density at radius 1 is 0.905 bits per heavy atom. The van der Waals surface area contributed by atoms with Gasteiger partial charge in [0.2, 0.25) is 0 Å². The van der Waals surface area contributed by atoms with Gasteiger partial charge in [0.1, 0.15) is 6.10 Å². The molecule has 1 N–H and O–H groups in total. The molecule has 1 atom stereocenters. The first-order chi connectivity index (χ1) is 10.1. The largest absolute Gasteiger partial charge is 0.382 e. The van der Waals surface area contributed by atoms with Crippen LogP contribution in [0.2, 0.25) is 0 Å². The zero-order valence-corrected chi connectivity index (χ0v) is 12.6. The summed E-state index contributed by atoms with van der Waals surface area (Å²) in [5, 5.41) is 11.9. The second-order valence-electron chi connectivity index (χ2n) is 5.57. The number of hydrogen-bond donors (Lipinski definition) is 1. The Labute approximate surface area is 125 Å². The van der Waals surface area contributed by atoms with Gasteiger partial charge in [-0.05, 0) is 55.2 Å². The molecule has 0 radical (unpaired) electrons. The summed E-state index contributed by atoms with van der Waals surface area (Å²) in [7, 11) is 0. The van der Waals surface area contributed by atoms with E-state index in [1.54, 1.807) is 0 Å². The molecule has 1 heterocycles. The molecule has 0 spiro atoms. The van der Waals surface area contributed by atoms with E-state index in [2.05, 4.69) is 31.0 Å². The van der Waals surface area contributed by atoms with Gasteiger partial charge in [-0.1, -0.05) is 36.4 Å². The van der Waals surface area contributed by atoms with Crippen LogP contribution in [-0.2, 0) is 0 Å². The SMILES string of the molecule is Cc1cccc(C(O)c2cc(C)c3ccccc3n2)c1C. The summed E-state index contributed by atoms with van der Waals surface area (Å²) in [6.45, 7) is 6.16. The highest BCUT2D eigenvalue weighted by Gasteiger charge is 2.16. The highest BCUT2D eigenvalue weighted by atomic mass is 16.3. The average molecular weight is 277 g/mol. The summed E-state index contributed by atoms with van der Waals surface area (Å²) in [5.41, 5.74) is 6.01. The quantitative estimate of drug-likeness (QED) is 0.760. The first-order valence-corrected chi connectivity index (χ1v) is 7.18. The van der Waals surface area contributed by atoms with E-state index in [1.807, 2.05) is 43.3 Å². The third-order valence-electron chi connectivity index (χ3n) is 4.16. The lowest BCUT2D eigenvalue weighted by Crippen LogP contribution is -2.06. The highest BCUT2D eigenvalue weighted by Crippen LogP contribution is 2.28. The number of fused-ring (bicyclic) bond motifs is 1. The average Bonchev–Trinajstić information content (AvgIpc) is 2.49. The molecule has 0 saturated heterocycles. The van der Waals surface area contributed by atoms with Gasteiger partial charge in [-0.15, -0.1) is 0 Å². The summed E-state index contributed by atoms with van der Waals surface area (Å²) in [5.74, 6) is 0. The van der Waals surface area contributed by atoms with E-state index in [0.29, 0.717) is 5.69 Å². The van der Waals surface area contributed by atoms with Crippen LogP contribution in [0.3, 0.4) is 0 Å². The van der Waals surface area contributed by atoms with E-state index in [1.165, 1.54) is 5.56 Å². The van der Waals surface area contributed by atoms with E-state index in [-0.39, 0.29) is 0 Å². The zero-order valence-electron chi connectivity index (χ0n) is 12.6. The van der Waals surface area contributed by atoms with Crippen LogP contribution in [0.4, 0.5) is 0 Å². The van der Waals surface area contributed by atoms with Crippen molar-refractivity contribution in [2.45, 2.75) is 26.9 Å². The van der Waals surface area contributed by atoms with Gasteiger partial charge in [0.05, 0.1) is 11.2 Å². The molecular weight excluding hydrogens is 258 g/mol. The van der Waals surface area contributed by atoms with Crippen LogP contribution in [0.25, 0.3) is 10.9 Å². The molecule has 2 heteroatoms. The predicted octanol–water partition coefficient (Wildman–Crippen LogP) is 4.24. The Hall–Kier alpha value is -2.19. The molecule has 3 aromatic rings. The minimum absolute atomic E-state index is 0.687. The van der Waals surface area contributed by atoms with Crippen molar-refractivity contribution in [1.29, 1.82) is 0 Å². The lowest BCUT2D eigenvalue weighted by molar-refractivity contribution is 0.215. The molecule has 0 amide bonds. The van der Waals surface area contributed by atoms with Crippen molar-refractivity contribution in [1.82, 2.24) is 4.98 Å². The number of para-hydroxylation sites is 1. The van der Waals surface area contributed by atoms with Crippen LogP contribution in [0.15, 0.2) is 48.5 Å². The van der Waals surface area contributed by atoms with Gasteiger partial charge in [-0.2, -0.15) is 0 Å². The predicted molar refractivity (Wildman–Crippen MR) is 86.5 cm³/mol. The fraction of sp³-hybridized carbons (Fsp3) is 0.211. The van der Waals surface area contributed by atoms with Crippen molar-refractivity contribution < 1.29 is 5.11 Å². The van der Waals surface area contributed by atoms with Gasteiger partial charge >= 0.3 is 0 Å². The number of benzene rings is 2. The topological polar surface area (TPSA) is 33.1 Å². The summed E-state index contributed by atoms with van der Waals surface area (Å²) in [6, 6.07) is 16.0. The first kappa shape index (κ1) is 13.8. The zero-order chi connectivity index (χ0) is 15.0. The Bertz CT molecular complexity index is 808. The van der Waals surface area contributed by atoms with Crippen molar-refractivity contribution in [3.63, 3.8) is 0 Å². The Morgan fingerprint density at radius 2 is 1.67 bits per heavy atom. The van der Waals surface area contributed by atoms with Gasteiger partial charge in [0, 0.05) is 5.39 Å². The number of aliphatic hydroxyl groups is 1. The molecular formula is C19H19NO. The molecule has 1 aromatic heterocycles. The van der Waals surface area contributed by atoms with Crippen molar-refractivity contribution in [2.24, 2.45) is 0 Å². The Kier molecular flexibility index (Phi) is 3.48. The van der Waals surface area contributed by atoms with E-state index >= 15 is 0 Å². The maximum Gasteiger partial charge on any atom is 0.121 e. The number of aryl methyl sites for hydroxylation is 2. The smallest absolute Gasteiger partial charge is 0.121 e. The van der Waals surface area contributed by atoms with E-state index < -0.39 is 6.10 Å². The molecule has 0 aliphatic heterocycles. The number of nitrogens with zero attached hydrogens (tertiary/aromatic N) is 1. The number of hydrogen-bond acceptors (Lipinski definition) is 2. The van der Waals surface area contributed by atoms with Crippen LogP contribution in [-0.4, -0.2) is 10.1 Å². The van der Waals surface area contributed by atoms with Gasteiger partial charge < -0.3 is 5.11 Å². The summed E-state index contributed by atoms with van der Waals surface area (Å²) < 4.78 is 0. The number of aromatic nitrogens is 1. The van der Waals surface area contributed by atoms with Gasteiger partial charge in [0.15, 0.2) is 0 Å². The van der Waals surface area contributed by atoms with E-state index in [0.717, 1.165) is 27.6 Å². The molecule has 106 valence electrons. The van der Waals surface area contributed by atoms with Crippen molar-refractivity contribution in [3.05, 3.63) is 76.5 Å². The first-order valence-electron chi connectivity index (χ1n) is 7.18. The molecule has 0 bridgehead atoms. The molecule has 1 unspecified atom stereocenters. The Morgan fingerprint density at radius 3 is 2.48 bits per heavy atom.